The van der Waals surface area contributed by atoms with Gasteiger partial charge in [-0.15, -0.1) is 13.2 Å². The fraction of sp³-hybridized carbons (Fsp3) is 0.185. The van der Waals surface area contributed by atoms with Gasteiger partial charge < -0.3 is 9.47 Å². The molecule has 37 heavy (non-hydrogen) atoms. The molecule has 0 radical (unpaired) electrons. The highest BCUT2D eigenvalue weighted by Crippen LogP contribution is 2.39. The number of carbonyl (C=O) groups excluding carboxylic acids is 1. The third-order valence-electron chi connectivity index (χ3n) is 5.97. The molecule has 0 saturated heterocycles. The van der Waals surface area contributed by atoms with Gasteiger partial charge in [-0.05, 0) is 60.4 Å². The standard InChI is InChI=1S/C27H20F4N2O4/c28-19-8-6-18(7-9-19)22-15-32(20-10-12-21(13-11-20)37-27(29,30)31)26(35)24-25(22)36-16-23(34)33(24)14-17-4-2-1-3-5-17/h2,4-13,15H,1,3,14,16H2. The van der Waals surface area contributed by atoms with Gasteiger partial charge in [0.15, 0.2) is 18.0 Å². The first kappa shape index (κ1) is 24.4. The average molecular weight is 512 g/mol. The average Bonchev–Trinajstić information content (AvgIpc) is 2.87. The Morgan fingerprint density at radius 1 is 0.973 bits per heavy atom. The van der Waals surface area contributed by atoms with Crippen molar-refractivity contribution in [2.75, 3.05) is 18.1 Å². The lowest BCUT2D eigenvalue weighted by Crippen LogP contribution is -2.44. The van der Waals surface area contributed by atoms with Crippen molar-refractivity contribution in [2.45, 2.75) is 19.2 Å². The number of nitrogens with zero attached hydrogens (tertiary/aromatic N) is 2. The highest BCUT2D eigenvalue weighted by Gasteiger charge is 2.33. The maximum Gasteiger partial charge on any atom is 0.573 e. The summed E-state index contributed by atoms with van der Waals surface area (Å²) in [5, 5.41) is 0. The van der Waals surface area contributed by atoms with Gasteiger partial charge in [0.05, 0.1) is 6.54 Å². The predicted octanol–water partition coefficient (Wildman–Crippen LogP) is 5.54. The Kier molecular flexibility index (Phi) is 6.32. The molecule has 0 atom stereocenters. The van der Waals surface area contributed by atoms with Gasteiger partial charge in [0.1, 0.15) is 11.6 Å². The second-order valence-electron chi connectivity index (χ2n) is 8.47. The summed E-state index contributed by atoms with van der Waals surface area (Å²) in [6.45, 7) is -0.142. The smallest absolute Gasteiger partial charge is 0.481 e. The van der Waals surface area contributed by atoms with Gasteiger partial charge in [-0.25, -0.2) is 4.39 Å². The largest absolute Gasteiger partial charge is 0.573 e. The number of rotatable bonds is 5. The molecule has 0 unspecified atom stereocenters. The first-order valence-electron chi connectivity index (χ1n) is 11.4. The Balaban J connectivity index is 1.67. The van der Waals surface area contributed by atoms with E-state index in [1.54, 1.807) is 0 Å². The van der Waals surface area contributed by atoms with Crippen LogP contribution in [0, 0.1) is 5.82 Å². The highest BCUT2D eigenvalue weighted by atomic mass is 19.4. The van der Waals surface area contributed by atoms with Crippen LogP contribution in [0.3, 0.4) is 0 Å². The van der Waals surface area contributed by atoms with Crippen LogP contribution >= 0.6 is 0 Å². The van der Waals surface area contributed by atoms with Crippen LogP contribution in [0.25, 0.3) is 16.8 Å². The van der Waals surface area contributed by atoms with E-state index in [2.05, 4.69) is 4.74 Å². The van der Waals surface area contributed by atoms with Crippen LogP contribution in [0.4, 0.5) is 23.2 Å². The predicted molar refractivity (Wildman–Crippen MR) is 128 cm³/mol. The van der Waals surface area contributed by atoms with E-state index in [0.29, 0.717) is 11.1 Å². The molecule has 1 aromatic heterocycles. The lowest BCUT2D eigenvalue weighted by Gasteiger charge is -2.31. The zero-order valence-electron chi connectivity index (χ0n) is 19.3. The molecular weight excluding hydrogens is 492 g/mol. The van der Waals surface area contributed by atoms with E-state index >= 15 is 0 Å². The molecular formula is C27H20F4N2O4. The van der Waals surface area contributed by atoms with Crippen LogP contribution < -0.4 is 19.9 Å². The van der Waals surface area contributed by atoms with Gasteiger partial charge in [0.25, 0.3) is 11.5 Å². The topological polar surface area (TPSA) is 60.8 Å². The number of hydrogen-bond donors (Lipinski definition) is 0. The van der Waals surface area contributed by atoms with E-state index in [1.165, 1.54) is 52.1 Å². The van der Waals surface area contributed by atoms with Gasteiger partial charge in [-0.2, -0.15) is 0 Å². The van der Waals surface area contributed by atoms with Crippen molar-refractivity contribution in [3.05, 3.63) is 94.7 Å². The van der Waals surface area contributed by atoms with Gasteiger partial charge >= 0.3 is 6.36 Å². The summed E-state index contributed by atoms with van der Waals surface area (Å²) in [5.74, 6) is -1.15. The molecule has 0 N–H and O–H groups in total. The van der Waals surface area contributed by atoms with Gasteiger partial charge in [-0.3, -0.25) is 19.1 Å². The molecule has 1 aliphatic carbocycles. The van der Waals surface area contributed by atoms with E-state index in [-0.39, 0.29) is 30.3 Å². The van der Waals surface area contributed by atoms with Crippen LogP contribution in [0.15, 0.2) is 83.3 Å². The van der Waals surface area contributed by atoms with Crippen LogP contribution in [-0.4, -0.2) is 30.0 Å². The zero-order chi connectivity index (χ0) is 26.2. The summed E-state index contributed by atoms with van der Waals surface area (Å²) < 4.78 is 62.3. The number of hydrogen-bond acceptors (Lipinski definition) is 4. The molecule has 2 aromatic carbocycles. The summed E-state index contributed by atoms with van der Waals surface area (Å²) in [6.07, 6.45) is 4.16. The highest BCUT2D eigenvalue weighted by molar-refractivity contribution is 6.00. The molecule has 190 valence electrons. The number of amides is 1. The first-order chi connectivity index (χ1) is 17.7. The van der Waals surface area contributed by atoms with Crippen molar-refractivity contribution < 1.29 is 31.8 Å². The van der Waals surface area contributed by atoms with Gasteiger partial charge in [0, 0.05) is 17.4 Å². The Morgan fingerprint density at radius 3 is 2.35 bits per heavy atom. The molecule has 6 nitrogen and oxygen atoms in total. The van der Waals surface area contributed by atoms with E-state index in [9.17, 15) is 27.2 Å². The van der Waals surface area contributed by atoms with Crippen molar-refractivity contribution in [3.63, 3.8) is 0 Å². The molecule has 1 amide bonds. The second kappa shape index (κ2) is 9.61. The molecule has 2 aliphatic rings. The lowest BCUT2D eigenvalue weighted by atomic mass is 10.0. The molecule has 0 saturated carbocycles. The number of aromatic nitrogens is 1. The summed E-state index contributed by atoms with van der Waals surface area (Å²) in [7, 11) is 0. The summed E-state index contributed by atoms with van der Waals surface area (Å²) in [6, 6.07) is 10.3. The Bertz CT molecular complexity index is 1460. The number of ether oxygens (including phenoxy) is 2. The normalized spacial score (nSPS) is 15.2. The van der Waals surface area contributed by atoms with Gasteiger partial charge in [0.2, 0.25) is 0 Å². The SMILES string of the molecule is O=C1COc2c(-c3ccc(F)cc3)cn(-c3ccc(OC(F)(F)F)cc3)c(=O)c2N1CC1=CCCC=C1. The van der Waals surface area contributed by atoms with Crippen molar-refractivity contribution >= 4 is 11.6 Å². The summed E-state index contributed by atoms with van der Waals surface area (Å²) >= 11 is 0. The molecule has 10 heteroatoms. The van der Waals surface area contributed by atoms with Crippen molar-refractivity contribution in [1.82, 2.24) is 4.57 Å². The van der Waals surface area contributed by atoms with Crippen LogP contribution in [-0.2, 0) is 4.79 Å². The number of halogens is 4. The molecule has 0 bridgehead atoms. The fourth-order valence-corrected chi connectivity index (χ4v) is 4.28. The van der Waals surface area contributed by atoms with Crippen LogP contribution in [0.1, 0.15) is 12.8 Å². The van der Waals surface area contributed by atoms with E-state index in [4.69, 9.17) is 4.74 Å². The molecule has 0 fully saturated rings. The first-order valence-corrected chi connectivity index (χ1v) is 11.4. The quantitative estimate of drug-likeness (QED) is 0.421. The lowest BCUT2D eigenvalue weighted by molar-refractivity contribution is -0.274. The number of allylic oxidation sites excluding steroid dienone is 2. The number of fused-ring (bicyclic) bond motifs is 1. The monoisotopic (exact) mass is 512 g/mol. The Morgan fingerprint density at radius 2 is 1.70 bits per heavy atom. The molecule has 2 heterocycles. The van der Waals surface area contributed by atoms with Crippen molar-refractivity contribution in [2.24, 2.45) is 0 Å². The van der Waals surface area contributed by atoms with E-state index in [0.717, 1.165) is 30.5 Å². The second-order valence-corrected chi connectivity index (χ2v) is 8.47. The maximum absolute atomic E-state index is 13.7. The Hall–Kier alpha value is -4.34. The third-order valence-corrected chi connectivity index (χ3v) is 5.97. The van der Waals surface area contributed by atoms with Gasteiger partial charge in [-0.1, -0.05) is 30.4 Å². The molecule has 5 rings (SSSR count). The third kappa shape index (κ3) is 5.13. The molecule has 3 aromatic rings. The molecule has 0 spiro atoms. The minimum atomic E-state index is -4.86. The zero-order valence-corrected chi connectivity index (χ0v) is 19.3. The van der Waals surface area contributed by atoms with Crippen LogP contribution in [0.2, 0.25) is 0 Å². The van der Waals surface area contributed by atoms with E-state index < -0.39 is 29.4 Å². The number of alkyl halides is 3. The minimum absolute atomic E-state index is 0.00596. The number of carbonyl (C=O) groups is 1. The summed E-state index contributed by atoms with van der Waals surface area (Å²) in [5.41, 5.74) is 1.43. The van der Waals surface area contributed by atoms with E-state index in [1.807, 2.05) is 18.2 Å². The number of benzene rings is 2. The molecule has 1 aliphatic heterocycles. The van der Waals surface area contributed by atoms with Crippen molar-refractivity contribution in [1.29, 1.82) is 0 Å². The maximum atomic E-state index is 13.7. The fourth-order valence-electron chi connectivity index (χ4n) is 4.28. The Labute approximate surface area is 208 Å². The van der Waals surface area contributed by atoms with Crippen LogP contribution in [0.5, 0.6) is 11.5 Å². The number of pyridine rings is 1. The summed E-state index contributed by atoms with van der Waals surface area (Å²) in [4.78, 5) is 28.0. The minimum Gasteiger partial charge on any atom is -0.481 e. The van der Waals surface area contributed by atoms with Crippen molar-refractivity contribution in [3.8, 4) is 28.3 Å². The number of anilines is 1.